The van der Waals surface area contributed by atoms with Gasteiger partial charge in [-0.15, -0.1) is 0 Å². The molecule has 0 aromatic carbocycles. The van der Waals surface area contributed by atoms with Crippen LogP contribution < -0.4 is 10.6 Å². The highest BCUT2D eigenvalue weighted by atomic mass is 16.4. The maximum atomic E-state index is 12.4. The first kappa shape index (κ1) is 22.1. The monoisotopic (exact) mass is 416 g/mol. The largest absolute Gasteiger partial charge is 0.446 e. The lowest BCUT2D eigenvalue weighted by Crippen LogP contribution is -2.38. The van der Waals surface area contributed by atoms with Crippen LogP contribution >= 0.6 is 0 Å². The highest BCUT2D eigenvalue weighted by molar-refractivity contribution is 5.81. The van der Waals surface area contributed by atoms with Crippen molar-refractivity contribution in [1.29, 1.82) is 0 Å². The van der Waals surface area contributed by atoms with Crippen LogP contribution in [-0.2, 0) is 22.4 Å². The van der Waals surface area contributed by atoms with E-state index in [1.165, 1.54) is 0 Å². The van der Waals surface area contributed by atoms with Crippen LogP contribution in [0.5, 0.6) is 0 Å². The lowest BCUT2D eigenvalue weighted by molar-refractivity contribution is -0.130. The molecular weight excluding hydrogens is 384 g/mol. The minimum atomic E-state index is -0.0186. The molecule has 1 aliphatic carbocycles. The molecule has 0 bridgehead atoms. The van der Waals surface area contributed by atoms with Gasteiger partial charge in [-0.25, -0.2) is 9.97 Å². The summed E-state index contributed by atoms with van der Waals surface area (Å²) < 4.78 is 10.8. The van der Waals surface area contributed by atoms with E-state index in [1.807, 2.05) is 27.7 Å². The summed E-state index contributed by atoms with van der Waals surface area (Å²) in [6.07, 6.45) is 4.30. The molecular formula is C22H32N4O4. The number of hydrogen-bond donors (Lipinski definition) is 2. The standard InChI is InChI=1S/C22H32N4O4/c1-13-19(25-15(3)29-13)9-11-23-21(27)17-5-7-18(8-6-17)22(28)24-12-10-20-14(2)30-16(4)26-20/h17-18H,5-12H2,1-4H3,(H,23,27)(H,24,28). The van der Waals surface area contributed by atoms with Gasteiger partial charge in [0, 0.05) is 51.6 Å². The first-order valence-corrected chi connectivity index (χ1v) is 10.7. The first-order valence-electron chi connectivity index (χ1n) is 10.7. The second-order valence-electron chi connectivity index (χ2n) is 8.10. The number of aryl methyl sites for hydroxylation is 4. The fraction of sp³-hybridized carbons (Fsp3) is 0.636. The topological polar surface area (TPSA) is 110 Å². The van der Waals surface area contributed by atoms with E-state index in [0.29, 0.717) is 37.7 Å². The van der Waals surface area contributed by atoms with Gasteiger partial charge in [0.1, 0.15) is 11.5 Å². The van der Waals surface area contributed by atoms with Gasteiger partial charge in [0.2, 0.25) is 11.8 Å². The number of aromatic nitrogens is 2. The van der Waals surface area contributed by atoms with Gasteiger partial charge < -0.3 is 19.5 Å². The van der Waals surface area contributed by atoms with Gasteiger partial charge in [0.05, 0.1) is 11.4 Å². The third-order valence-electron chi connectivity index (χ3n) is 5.79. The molecule has 1 saturated carbocycles. The molecule has 8 nitrogen and oxygen atoms in total. The Kier molecular flexibility index (Phi) is 7.29. The summed E-state index contributed by atoms with van der Waals surface area (Å²) in [6.45, 7) is 8.51. The number of carbonyl (C=O) groups is 2. The highest BCUT2D eigenvalue weighted by Gasteiger charge is 2.29. The molecule has 1 aliphatic rings. The van der Waals surface area contributed by atoms with Crippen LogP contribution in [-0.4, -0.2) is 34.9 Å². The molecule has 30 heavy (non-hydrogen) atoms. The third-order valence-corrected chi connectivity index (χ3v) is 5.79. The zero-order valence-corrected chi connectivity index (χ0v) is 18.3. The average molecular weight is 417 g/mol. The Hall–Kier alpha value is -2.64. The quantitative estimate of drug-likeness (QED) is 0.685. The molecule has 2 N–H and O–H groups in total. The molecule has 0 aliphatic heterocycles. The molecule has 0 saturated heterocycles. The van der Waals surface area contributed by atoms with Crippen LogP contribution in [0, 0.1) is 39.5 Å². The van der Waals surface area contributed by atoms with Gasteiger partial charge in [0.25, 0.3) is 0 Å². The van der Waals surface area contributed by atoms with Crippen molar-refractivity contribution in [2.75, 3.05) is 13.1 Å². The summed E-state index contributed by atoms with van der Waals surface area (Å²) in [5, 5.41) is 6.01. The van der Waals surface area contributed by atoms with Crippen molar-refractivity contribution in [3.8, 4) is 0 Å². The van der Waals surface area contributed by atoms with Gasteiger partial charge >= 0.3 is 0 Å². The second-order valence-corrected chi connectivity index (χ2v) is 8.10. The maximum absolute atomic E-state index is 12.4. The van der Waals surface area contributed by atoms with Crippen molar-refractivity contribution in [3.63, 3.8) is 0 Å². The fourth-order valence-corrected chi connectivity index (χ4v) is 4.12. The number of hydrogen-bond acceptors (Lipinski definition) is 6. The highest BCUT2D eigenvalue weighted by Crippen LogP contribution is 2.29. The molecule has 2 heterocycles. The van der Waals surface area contributed by atoms with Crippen LogP contribution in [0.1, 0.15) is 60.4 Å². The Morgan fingerprint density at radius 1 is 0.767 bits per heavy atom. The summed E-state index contributed by atoms with van der Waals surface area (Å²) in [5.41, 5.74) is 1.79. The minimum absolute atomic E-state index is 0.0186. The molecule has 164 valence electrons. The van der Waals surface area contributed by atoms with Crippen molar-refractivity contribution >= 4 is 11.8 Å². The van der Waals surface area contributed by atoms with Crippen molar-refractivity contribution < 1.29 is 18.4 Å². The smallest absolute Gasteiger partial charge is 0.223 e. The lowest BCUT2D eigenvalue weighted by Gasteiger charge is -2.27. The van der Waals surface area contributed by atoms with Gasteiger partial charge in [-0.2, -0.15) is 0 Å². The SMILES string of the molecule is Cc1nc(CCNC(=O)C2CCC(C(=O)NCCc3nc(C)oc3C)CC2)c(C)o1. The predicted molar refractivity (Wildman–Crippen MR) is 111 cm³/mol. The summed E-state index contributed by atoms with van der Waals surface area (Å²) >= 11 is 0. The lowest BCUT2D eigenvalue weighted by atomic mass is 9.81. The number of rotatable bonds is 8. The summed E-state index contributed by atoms with van der Waals surface area (Å²) in [7, 11) is 0. The van der Waals surface area contributed by atoms with Crippen molar-refractivity contribution in [2.24, 2.45) is 11.8 Å². The van der Waals surface area contributed by atoms with E-state index in [9.17, 15) is 9.59 Å². The molecule has 8 heteroatoms. The number of oxazole rings is 2. The van der Waals surface area contributed by atoms with Crippen LogP contribution in [0.15, 0.2) is 8.83 Å². The van der Waals surface area contributed by atoms with Crippen LogP contribution in [0.3, 0.4) is 0 Å². The molecule has 2 amide bonds. The maximum Gasteiger partial charge on any atom is 0.223 e. The Morgan fingerprint density at radius 2 is 1.13 bits per heavy atom. The normalized spacial score (nSPS) is 18.9. The van der Waals surface area contributed by atoms with Gasteiger partial charge in [-0.3, -0.25) is 9.59 Å². The van der Waals surface area contributed by atoms with Gasteiger partial charge in [-0.1, -0.05) is 0 Å². The number of carbonyl (C=O) groups excluding carboxylic acids is 2. The Balaban J connectivity index is 1.34. The van der Waals surface area contributed by atoms with E-state index in [1.54, 1.807) is 0 Å². The number of nitrogens with zero attached hydrogens (tertiary/aromatic N) is 2. The molecule has 0 unspecified atom stereocenters. The number of nitrogens with one attached hydrogen (secondary N) is 2. The van der Waals surface area contributed by atoms with Crippen molar-refractivity contribution in [3.05, 3.63) is 34.7 Å². The zero-order chi connectivity index (χ0) is 21.7. The molecule has 3 rings (SSSR count). The van der Waals surface area contributed by atoms with Crippen molar-refractivity contribution in [1.82, 2.24) is 20.6 Å². The summed E-state index contributed by atoms with van der Waals surface area (Å²) in [6, 6.07) is 0. The zero-order valence-electron chi connectivity index (χ0n) is 18.3. The average Bonchev–Trinajstić information content (AvgIpc) is 3.21. The van der Waals surface area contributed by atoms with Crippen LogP contribution in [0.25, 0.3) is 0 Å². The molecule has 1 fully saturated rings. The van der Waals surface area contributed by atoms with Crippen LogP contribution in [0.4, 0.5) is 0 Å². The Bertz CT molecular complexity index is 806. The van der Waals surface area contributed by atoms with E-state index >= 15 is 0 Å². The molecule has 0 spiro atoms. The Morgan fingerprint density at radius 3 is 1.43 bits per heavy atom. The van der Waals surface area contributed by atoms with E-state index in [0.717, 1.165) is 48.6 Å². The van der Waals surface area contributed by atoms with E-state index in [4.69, 9.17) is 8.83 Å². The summed E-state index contributed by atoms with van der Waals surface area (Å²) in [5.74, 6) is 3.02. The summed E-state index contributed by atoms with van der Waals surface area (Å²) in [4.78, 5) is 33.5. The third kappa shape index (κ3) is 5.70. The van der Waals surface area contributed by atoms with E-state index < -0.39 is 0 Å². The molecule has 0 atom stereocenters. The number of amides is 2. The van der Waals surface area contributed by atoms with E-state index in [-0.39, 0.29) is 23.7 Å². The first-order chi connectivity index (χ1) is 14.3. The Labute approximate surface area is 177 Å². The van der Waals surface area contributed by atoms with Crippen molar-refractivity contribution in [2.45, 2.75) is 66.2 Å². The van der Waals surface area contributed by atoms with Gasteiger partial charge in [0.15, 0.2) is 11.8 Å². The second kappa shape index (κ2) is 9.91. The predicted octanol–water partition coefficient (Wildman–Crippen LogP) is 2.72. The molecule has 2 aromatic heterocycles. The minimum Gasteiger partial charge on any atom is -0.446 e. The van der Waals surface area contributed by atoms with E-state index in [2.05, 4.69) is 20.6 Å². The van der Waals surface area contributed by atoms with Gasteiger partial charge in [-0.05, 0) is 39.5 Å². The molecule has 0 radical (unpaired) electrons. The fourth-order valence-electron chi connectivity index (χ4n) is 4.12. The van der Waals surface area contributed by atoms with Crippen LogP contribution in [0.2, 0.25) is 0 Å². The molecule has 2 aromatic rings.